The number of hydrogen-bond acceptors (Lipinski definition) is 8. The maximum absolute atomic E-state index is 13.4. The number of nitrogens with zero attached hydrogens (tertiary/aromatic N) is 3. The van der Waals surface area contributed by atoms with Gasteiger partial charge in [-0.3, -0.25) is 9.59 Å². The average molecular weight is 590 g/mol. The van der Waals surface area contributed by atoms with Crippen molar-refractivity contribution in [2.75, 3.05) is 11.9 Å². The monoisotopic (exact) mass is 589 g/mol. The molecule has 2 aromatic heterocycles. The van der Waals surface area contributed by atoms with Crippen molar-refractivity contribution >= 4 is 40.2 Å². The first kappa shape index (κ1) is 28.8. The number of nitrogens with one attached hydrogen (secondary N) is 2. The third-order valence-corrected chi connectivity index (χ3v) is 9.24. The largest absolute Gasteiger partial charge is 0.506 e. The number of carbonyl (C=O) groups is 2. The van der Waals surface area contributed by atoms with Gasteiger partial charge in [0.05, 0.1) is 18.3 Å². The van der Waals surface area contributed by atoms with E-state index in [1.807, 2.05) is 48.6 Å². The Labute approximate surface area is 248 Å². The van der Waals surface area contributed by atoms with E-state index < -0.39 is 0 Å². The molecule has 0 bridgehead atoms. The van der Waals surface area contributed by atoms with Gasteiger partial charge in [0, 0.05) is 45.9 Å². The molecule has 10 heteroatoms. The first-order valence-corrected chi connectivity index (χ1v) is 15.6. The van der Waals surface area contributed by atoms with Crippen LogP contribution in [0.2, 0.25) is 0 Å². The number of anilines is 1. The van der Waals surface area contributed by atoms with Crippen molar-refractivity contribution in [1.82, 2.24) is 20.2 Å². The van der Waals surface area contributed by atoms with Crippen LogP contribution in [0.3, 0.4) is 0 Å². The zero-order chi connectivity index (χ0) is 28.9. The quantitative estimate of drug-likeness (QED) is 0.189. The molecule has 0 spiro atoms. The van der Waals surface area contributed by atoms with Crippen molar-refractivity contribution in [3.05, 3.63) is 91.3 Å². The van der Waals surface area contributed by atoms with Gasteiger partial charge in [-0.05, 0) is 82.3 Å². The van der Waals surface area contributed by atoms with Crippen LogP contribution in [0.15, 0.2) is 53.2 Å². The zero-order valence-corrected chi connectivity index (χ0v) is 25.1. The SMILES string of the molecule is Cc1csc(CNc2ccc(CC[C@H](C)NC(=O)c3cccc(C(=O)N4CCC[C@@H]4c4nc(C)cs4)c3)cc2O)n1. The third-order valence-electron chi connectivity index (χ3n) is 7.21. The highest BCUT2D eigenvalue weighted by Gasteiger charge is 2.32. The third kappa shape index (κ3) is 7.12. The Hall–Kier alpha value is -3.76. The molecule has 41 heavy (non-hydrogen) atoms. The summed E-state index contributed by atoms with van der Waals surface area (Å²) in [5.74, 6) is -0.0813. The minimum Gasteiger partial charge on any atom is -0.506 e. The average Bonchev–Trinajstić information content (AvgIpc) is 3.72. The van der Waals surface area contributed by atoms with Gasteiger partial charge >= 0.3 is 0 Å². The number of aromatic hydroxyl groups is 1. The maximum Gasteiger partial charge on any atom is 0.254 e. The summed E-state index contributed by atoms with van der Waals surface area (Å²) in [7, 11) is 0. The van der Waals surface area contributed by atoms with Gasteiger partial charge in [0.2, 0.25) is 0 Å². The summed E-state index contributed by atoms with van der Waals surface area (Å²) in [5.41, 5.74) is 4.60. The number of aryl methyl sites for hydroxylation is 3. The molecule has 2 atom stereocenters. The van der Waals surface area contributed by atoms with E-state index in [0.717, 1.165) is 39.8 Å². The van der Waals surface area contributed by atoms with Crippen LogP contribution in [-0.4, -0.2) is 44.4 Å². The molecule has 4 aromatic rings. The van der Waals surface area contributed by atoms with Crippen LogP contribution in [0.1, 0.15) is 79.9 Å². The lowest BCUT2D eigenvalue weighted by Gasteiger charge is -2.23. The number of aromatic nitrogens is 2. The van der Waals surface area contributed by atoms with Gasteiger partial charge < -0.3 is 20.6 Å². The number of benzene rings is 2. The Morgan fingerprint density at radius 3 is 2.59 bits per heavy atom. The van der Waals surface area contributed by atoms with Gasteiger partial charge in [-0.2, -0.15) is 0 Å². The fourth-order valence-corrected chi connectivity index (χ4v) is 6.70. The predicted octanol–water partition coefficient (Wildman–Crippen LogP) is 6.26. The second-order valence-electron chi connectivity index (χ2n) is 10.6. The predicted molar refractivity (Wildman–Crippen MR) is 164 cm³/mol. The van der Waals surface area contributed by atoms with Crippen LogP contribution in [0, 0.1) is 13.8 Å². The van der Waals surface area contributed by atoms with E-state index in [-0.39, 0.29) is 29.6 Å². The molecular formula is C31H35N5O3S2. The Morgan fingerprint density at radius 2 is 1.85 bits per heavy atom. The van der Waals surface area contributed by atoms with E-state index in [9.17, 15) is 14.7 Å². The maximum atomic E-state index is 13.4. The lowest BCUT2D eigenvalue weighted by molar-refractivity contribution is 0.0735. The molecule has 1 aliphatic heterocycles. The van der Waals surface area contributed by atoms with Crippen LogP contribution >= 0.6 is 22.7 Å². The molecule has 214 valence electrons. The van der Waals surface area contributed by atoms with Crippen molar-refractivity contribution in [2.45, 2.75) is 65.1 Å². The second-order valence-corrected chi connectivity index (χ2v) is 12.4. The highest BCUT2D eigenvalue weighted by molar-refractivity contribution is 7.10. The summed E-state index contributed by atoms with van der Waals surface area (Å²) in [4.78, 5) is 37.4. The molecule has 8 nitrogen and oxygen atoms in total. The molecule has 0 aliphatic carbocycles. The van der Waals surface area contributed by atoms with Gasteiger partial charge in [0.15, 0.2) is 0 Å². The van der Waals surface area contributed by atoms with Crippen LogP contribution in [0.5, 0.6) is 5.75 Å². The van der Waals surface area contributed by atoms with Crippen LogP contribution in [0.25, 0.3) is 0 Å². The van der Waals surface area contributed by atoms with Gasteiger partial charge in [-0.1, -0.05) is 12.1 Å². The number of likely N-dealkylation sites (tertiary alicyclic amines) is 1. The van der Waals surface area contributed by atoms with Crippen molar-refractivity contribution in [2.24, 2.45) is 0 Å². The van der Waals surface area contributed by atoms with E-state index in [4.69, 9.17) is 0 Å². The summed E-state index contributed by atoms with van der Waals surface area (Å²) in [6.45, 7) is 7.14. The number of phenols is 1. The van der Waals surface area contributed by atoms with E-state index >= 15 is 0 Å². The zero-order valence-electron chi connectivity index (χ0n) is 23.5. The van der Waals surface area contributed by atoms with Crippen LogP contribution in [-0.2, 0) is 13.0 Å². The highest BCUT2D eigenvalue weighted by Crippen LogP contribution is 2.35. The van der Waals surface area contributed by atoms with Crippen molar-refractivity contribution < 1.29 is 14.7 Å². The van der Waals surface area contributed by atoms with E-state index in [1.54, 1.807) is 53.0 Å². The highest BCUT2D eigenvalue weighted by atomic mass is 32.1. The molecular weight excluding hydrogens is 555 g/mol. The van der Waals surface area contributed by atoms with Gasteiger partial charge in [-0.25, -0.2) is 9.97 Å². The summed E-state index contributed by atoms with van der Waals surface area (Å²) in [5, 5.41) is 22.7. The smallest absolute Gasteiger partial charge is 0.254 e. The Morgan fingerprint density at radius 1 is 1.07 bits per heavy atom. The molecule has 0 radical (unpaired) electrons. The molecule has 3 N–H and O–H groups in total. The summed E-state index contributed by atoms with van der Waals surface area (Å²) in [6.07, 6.45) is 3.25. The Bertz CT molecular complexity index is 1530. The molecule has 3 heterocycles. The first-order chi connectivity index (χ1) is 19.8. The van der Waals surface area contributed by atoms with Gasteiger partial charge in [-0.15, -0.1) is 22.7 Å². The Balaban J connectivity index is 1.14. The lowest BCUT2D eigenvalue weighted by atomic mass is 10.0. The number of carbonyl (C=O) groups excluding carboxylic acids is 2. The molecule has 1 aliphatic rings. The number of thiazole rings is 2. The summed E-state index contributed by atoms with van der Waals surface area (Å²) in [6, 6.07) is 12.5. The minimum absolute atomic E-state index is 0.00902. The molecule has 0 saturated carbocycles. The van der Waals surface area contributed by atoms with E-state index in [0.29, 0.717) is 42.7 Å². The number of rotatable bonds is 10. The molecule has 1 saturated heterocycles. The van der Waals surface area contributed by atoms with Crippen LogP contribution in [0.4, 0.5) is 5.69 Å². The second kappa shape index (κ2) is 12.8. The molecule has 5 rings (SSSR count). The normalized spacial score (nSPS) is 15.6. The fourth-order valence-electron chi connectivity index (χ4n) is 5.05. The summed E-state index contributed by atoms with van der Waals surface area (Å²) >= 11 is 3.19. The number of phenolic OH excluding ortho intramolecular Hbond substituents is 1. The summed E-state index contributed by atoms with van der Waals surface area (Å²) < 4.78 is 0. The van der Waals surface area contributed by atoms with Crippen LogP contribution < -0.4 is 10.6 Å². The van der Waals surface area contributed by atoms with Gasteiger partial charge in [0.25, 0.3) is 11.8 Å². The minimum atomic E-state index is -0.208. The van der Waals surface area contributed by atoms with E-state index in [2.05, 4.69) is 20.6 Å². The fraction of sp³-hybridized carbons (Fsp3) is 0.355. The number of amides is 2. The molecule has 0 unspecified atom stereocenters. The standard InChI is InChI=1S/C31H35N5O3S2/c1-19(9-10-22-11-12-25(27(37)14-22)32-16-28-33-20(2)17-40-28)34-29(38)23-6-4-7-24(15-23)31(39)36-13-5-8-26(36)30-35-21(3)18-41-30/h4,6-7,11-12,14-15,17-19,26,32,37H,5,8-10,13,16H2,1-3H3,(H,34,38)/t19-,26+/m0/s1. The van der Waals surface area contributed by atoms with Crippen molar-refractivity contribution in [3.8, 4) is 5.75 Å². The van der Waals surface area contributed by atoms with Crippen molar-refractivity contribution in [1.29, 1.82) is 0 Å². The van der Waals surface area contributed by atoms with Gasteiger partial charge in [0.1, 0.15) is 15.8 Å². The molecule has 2 amide bonds. The topological polar surface area (TPSA) is 107 Å². The first-order valence-electron chi connectivity index (χ1n) is 13.9. The molecule has 1 fully saturated rings. The van der Waals surface area contributed by atoms with E-state index in [1.165, 1.54) is 0 Å². The molecule has 2 aromatic carbocycles. The van der Waals surface area contributed by atoms with Crippen molar-refractivity contribution in [3.63, 3.8) is 0 Å². The lowest BCUT2D eigenvalue weighted by Crippen LogP contribution is -2.33. The Kier molecular flexibility index (Phi) is 8.99. The number of hydrogen-bond donors (Lipinski definition) is 3.